The lowest BCUT2D eigenvalue weighted by molar-refractivity contribution is 0.132. The number of nitrogens with one attached hydrogen (secondary N) is 1. The molecule has 0 spiro atoms. The zero-order valence-electron chi connectivity index (χ0n) is 9.30. The number of allylic oxidation sites excluding steroid dienone is 1. The molecule has 2 heteroatoms. The molecule has 13 heavy (non-hydrogen) atoms. The number of hydrogen-bond acceptors (Lipinski definition) is 2. The molecule has 0 aromatic rings. The highest BCUT2D eigenvalue weighted by Crippen LogP contribution is 2.09. The van der Waals surface area contributed by atoms with Crippen molar-refractivity contribution in [3.05, 3.63) is 11.6 Å². The molecule has 0 bridgehead atoms. The predicted molar refractivity (Wildman–Crippen MR) is 57.9 cm³/mol. The average Bonchev–Trinajstić information content (AvgIpc) is 2.03. The molecule has 1 N–H and O–H groups in total. The van der Waals surface area contributed by atoms with E-state index in [0.717, 1.165) is 19.6 Å². The lowest BCUT2D eigenvalue weighted by Crippen LogP contribution is -2.54. The number of nitrogens with zero attached hydrogens (tertiary/aromatic N) is 1. The van der Waals surface area contributed by atoms with Gasteiger partial charge in [-0.3, -0.25) is 4.90 Å². The van der Waals surface area contributed by atoms with Crippen LogP contribution in [0.3, 0.4) is 0 Å². The summed E-state index contributed by atoms with van der Waals surface area (Å²) < 4.78 is 0. The lowest BCUT2D eigenvalue weighted by atomic mass is 10.1. The molecule has 2 atom stereocenters. The van der Waals surface area contributed by atoms with E-state index >= 15 is 0 Å². The zero-order chi connectivity index (χ0) is 9.84. The molecule has 0 aliphatic carbocycles. The van der Waals surface area contributed by atoms with Crippen molar-refractivity contribution in [3.8, 4) is 0 Å². The Morgan fingerprint density at radius 2 is 1.85 bits per heavy atom. The van der Waals surface area contributed by atoms with E-state index in [1.54, 1.807) is 0 Å². The fourth-order valence-electron chi connectivity index (χ4n) is 1.82. The van der Waals surface area contributed by atoms with E-state index in [4.69, 9.17) is 0 Å². The third-order valence-corrected chi connectivity index (χ3v) is 2.72. The van der Waals surface area contributed by atoms with Gasteiger partial charge >= 0.3 is 0 Å². The second-order valence-corrected chi connectivity index (χ2v) is 4.33. The van der Waals surface area contributed by atoms with Crippen molar-refractivity contribution >= 4 is 0 Å². The second kappa shape index (κ2) is 4.77. The summed E-state index contributed by atoms with van der Waals surface area (Å²) in [5, 5.41) is 3.44. The highest BCUT2D eigenvalue weighted by atomic mass is 15.2. The monoisotopic (exact) mass is 182 g/mol. The maximum atomic E-state index is 3.44. The van der Waals surface area contributed by atoms with Crippen LogP contribution < -0.4 is 5.32 Å². The number of rotatable bonds is 2. The topological polar surface area (TPSA) is 15.3 Å². The van der Waals surface area contributed by atoms with Crippen LogP contribution in [0.25, 0.3) is 0 Å². The Bertz CT molecular complexity index is 173. The van der Waals surface area contributed by atoms with Gasteiger partial charge in [0, 0.05) is 31.7 Å². The van der Waals surface area contributed by atoms with Crippen molar-refractivity contribution in [2.24, 2.45) is 0 Å². The first-order valence-corrected chi connectivity index (χ1v) is 5.21. The molecular weight excluding hydrogens is 160 g/mol. The van der Waals surface area contributed by atoms with Gasteiger partial charge in [0.05, 0.1) is 0 Å². The third kappa shape index (κ3) is 3.12. The molecule has 76 valence electrons. The molecule has 1 rings (SSSR count). The molecule has 1 fully saturated rings. The lowest BCUT2D eigenvalue weighted by Gasteiger charge is -2.38. The Morgan fingerprint density at radius 1 is 1.31 bits per heavy atom. The van der Waals surface area contributed by atoms with Crippen LogP contribution in [0.1, 0.15) is 27.7 Å². The molecule has 0 radical (unpaired) electrons. The molecular formula is C11H22N2. The summed E-state index contributed by atoms with van der Waals surface area (Å²) in [6.45, 7) is 12.3. The summed E-state index contributed by atoms with van der Waals surface area (Å²) in [6.07, 6.45) is 2.32. The molecule has 2 nitrogen and oxygen atoms in total. The van der Waals surface area contributed by atoms with E-state index < -0.39 is 0 Å². The molecule has 0 aromatic carbocycles. The van der Waals surface area contributed by atoms with Gasteiger partial charge < -0.3 is 5.32 Å². The summed E-state index contributed by atoms with van der Waals surface area (Å²) in [4.78, 5) is 2.56. The van der Waals surface area contributed by atoms with Crippen molar-refractivity contribution in [2.75, 3.05) is 19.6 Å². The number of piperazine rings is 1. The normalized spacial score (nSPS) is 30.2. The van der Waals surface area contributed by atoms with Gasteiger partial charge in [-0.2, -0.15) is 0 Å². The van der Waals surface area contributed by atoms with E-state index in [2.05, 4.69) is 44.0 Å². The first kappa shape index (κ1) is 10.7. The largest absolute Gasteiger partial charge is 0.314 e. The standard InChI is InChI=1S/C11H22N2/c1-9(2)5-6-13-10(3)7-12-8-11(13)4/h5,10-12H,6-8H2,1-4H3. The van der Waals surface area contributed by atoms with Crippen LogP contribution in [0.4, 0.5) is 0 Å². The molecule has 0 aromatic heterocycles. The smallest absolute Gasteiger partial charge is 0.0199 e. The van der Waals surface area contributed by atoms with Gasteiger partial charge in [0.25, 0.3) is 0 Å². The Morgan fingerprint density at radius 3 is 2.31 bits per heavy atom. The highest BCUT2D eigenvalue weighted by Gasteiger charge is 2.22. The Hall–Kier alpha value is -0.340. The van der Waals surface area contributed by atoms with Gasteiger partial charge in [-0.25, -0.2) is 0 Å². The molecule has 0 amide bonds. The predicted octanol–water partition coefficient (Wildman–Crippen LogP) is 1.63. The summed E-state index contributed by atoms with van der Waals surface area (Å²) in [6, 6.07) is 1.33. The van der Waals surface area contributed by atoms with Crippen molar-refractivity contribution in [1.82, 2.24) is 10.2 Å². The van der Waals surface area contributed by atoms with Crippen LogP contribution in [0.2, 0.25) is 0 Å². The van der Waals surface area contributed by atoms with Crippen LogP contribution in [-0.4, -0.2) is 36.6 Å². The van der Waals surface area contributed by atoms with Gasteiger partial charge in [-0.15, -0.1) is 0 Å². The van der Waals surface area contributed by atoms with Crippen molar-refractivity contribution in [2.45, 2.75) is 39.8 Å². The SMILES string of the molecule is CC(C)=CCN1C(C)CNCC1C. The highest BCUT2D eigenvalue weighted by molar-refractivity contribution is 4.97. The first-order chi connectivity index (χ1) is 6.11. The van der Waals surface area contributed by atoms with E-state index in [-0.39, 0.29) is 0 Å². The van der Waals surface area contributed by atoms with Crippen LogP contribution in [-0.2, 0) is 0 Å². The van der Waals surface area contributed by atoms with Gasteiger partial charge in [-0.05, 0) is 27.7 Å². The van der Waals surface area contributed by atoms with Crippen LogP contribution in [0, 0.1) is 0 Å². The van der Waals surface area contributed by atoms with E-state index in [9.17, 15) is 0 Å². The minimum absolute atomic E-state index is 0.666. The van der Waals surface area contributed by atoms with Crippen LogP contribution >= 0.6 is 0 Å². The van der Waals surface area contributed by atoms with E-state index in [0.29, 0.717) is 12.1 Å². The van der Waals surface area contributed by atoms with Crippen LogP contribution in [0.5, 0.6) is 0 Å². The van der Waals surface area contributed by atoms with Crippen molar-refractivity contribution in [3.63, 3.8) is 0 Å². The maximum absolute atomic E-state index is 3.44. The molecule has 0 saturated carbocycles. The van der Waals surface area contributed by atoms with E-state index in [1.165, 1.54) is 5.57 Å². The summed E-state index contributed by atoms with van der Waals surface area (Å²) in [5.41, 5.74) is 1.41. The minimum atomic E-state index is 0.666. The molecule has 1 saturated heterocycles. The molecule has 1 heterocycles. The Balaban J connectivity index is 2.49. The second-order valence-electron chi connectivity index (χ2n) is 4.33. The van der Waals surface area contributed by atoms with Gasteiger partial charge in [0.1, 0.15) is 0 Å². The minimum Gasteiger partial charge on any atom is -0.314 e. The van der Waals surface area contributed by atoms with Gasteiger partial charge in [0.2, 0.25) is 0 Å². The fraction of sp³-hybridized carbons (Fsp3) is 0.818. The van der Waals surface area contributed by atoms with Gasteiger partial charge in [0.15, 0.2) is 0 Å². The van der Waals surface area contributed by atoms with Crippen LogP contribution in [0.15, 0.2) is 11.6 Å². The average molecular weight is 182 g/mol. The summed E-state index contributed by atoms with van der Waals surface area (Å²) >= 11 is 0. The Kier molecular flexibility index (Phi) is 3.94. The molecule has 1 aliphatic rings. The summed E-state index contributed by atoms with van der Waals surface area (Å²) in [7, 11) is 0. The third-order valence-electron chi connectivity index (χ3n) is 2.72. The number of hydrogen-bond donors (Lipinski definition) is 1. The Labute approximate surface area is 82.0 Å². The van der Waals surface area contributed by atoms with E-state index in [1.807, 2.05) is 0 Å². The quantitative estimate of drug-likeness (QED) is 0.653. The zero-order valence-corrected chi connectivity index (χ0v) is 9.30. The first-order valence-electron chi connectivity index (χ1n) is 5.21. The van der Waals surface area contributed by atoms with Gasteiger partial charge in [-0.1, -0.05) is 11.6 Å². The van der Waals surface area contributed by atoms with Crippen molar-refractivity contribution in [1.29, 1.82) is 0 Å². The maximum Gasteiger partial charge on any atom is 0.0199 e. The summed E-state index contributed by atoms with van der Waals surface area (Å²) in [5.74, 6) is 0. The fourth-order valence-corrected chi connectivity index (χ4v) is 1.82. The molecule has 2 unspecified atom stereocenters. The molecule has 1 aliphatic heterocycles. The van der Waals surface area contributed by atoms with Crippen molar-refractivity contribution < 1.29 is 0 Å².